The van der Waals surface area contributed by atoms with Crippen LogP contribution in [0.1, 0.15) is 0 Å². The molecular formula is C23H15Cl2NO4. The SMILES string of the molecule is O=C(COc1c(-c2ccccc2Cl)oc2ccc(Cl)cc2c1=O)Nc1ccccc1. The maximum atomic E-state index is 13.1. The maximum Gasteiger partial charge on any atom is 0.262 e. The molecule has 1 N–H and O–H groups in total. The van der Waals surface area contributed by atoms with Gasteiger partial charge in [-0.2, -0.15) is 0 Å². The van der Waals surface area contributed by atoms with Crippen molar-refractivity contribution in [2.24, 2.45) is 0 Å². The molecule has 150 valence electrons. The average molecular weight is 440 g/mol. The van der Waals surface area contributed by atoms with Crippen LogP contribution in [0.25, 0.3) is 22.3 Å². The lowest BCUT2D eigenvalue weighted by Crippen LogP contribution is -2.22. The second kappa shape index (κ2) is 8.61. The summed E-state index contributed by atoms with van der Waals surface area (Å²) in [5.41, 5.74) is 0.989. The summed E-state index contributed by atoms with van der Waals surface area (Å²) in [7, 11) is 0. The number of halogens is 2. The van der Waals surface area contributed by atoms with Crippen molar-refractivity contribution in [3.8, 4) is 17.1 Å². The first-order valence-electron chi connectivity index (χ1n) is 9.02. The zero-order chi connectivity index (χ0) is 21.1. The summed E-state index contributed by atoms with van der Waals surface area (Å²) in [6.07, 6.45) is 0. The smallest absolute Gasteiger partial charge is 0.262 e. The molecule has 30 heavy (non-hydrogen) atoms. The molecule has 3 aromatic carbocycles. The standard InChI is InChI=1S/C23H15Cl2NO4/c24-14-10-11-19-17(12-14)21(28)23(22(30-19)16-8-4-5-9-18(16)25)29-13-20(27)26-15-6-2-1-3-7-15/h1-12H,13H2,(H,26,27). The first kappa shape index (κ1) is 20.0. The highest BCUT2D eigenvalue weighted by atomic mass is 35.5. The van der Waals surface area contributed by atoms with Crippen LogP contribution in [0.2, 0.25) is 10.0 Å². The zero-order valence-electron chi connectivity index (χ0n) is 15.5. The van der Waals surface area contributed by atoms with Gasteiger partial charge in [0.05, 0.1) is 10.4 Å². The van der Waals surface area contributed by atoms with Crippen molar-refractivity contribution in [2.45, 2.75) is 0 Å². The van der Waals surface area contributed by atoms with E-state index in [1.54, 1.807) is 60.7 Å². The molecular weight excluding hydrogens is 425 g/mol. The van der Waals surface area contributed by atoms with Crippen LogP contribution < -0.4 is 15.5 Å². The molecule has 0 aliphatic rings. The first-order valence-corrected chi connectivity index (χ1v) is 9.77. The van der Waals surface area contributed by atoms with Gasteiger partial charge in [-0.3, -0.25) is 9.59 Å². The molecule has 0 spiro atoms. The molecule has 4 aromatic rings. The lowest BCUT2D eigenvalue weighted by molar-refractivity contribution is -0.118. The number of hydrogen-bond acceptors (Lipinski definition) is 4. The molecule has 5 nitrogen and oxygen atoms in total. The molecule has 1 aromatic heterocycles. The maximum absolute atomic E-state index is 13.1. The summed E-state index contributed by atoms with van der Waals surface area (Å²) in [5.74, 6) is -0.383. The van der Waals surface area contributed by atoms with Gasteiger partial charge in [0.15, 0.2) is 12.4 Å². The molecule has 1 amide bonds. The number of nitrogens with one attached hydrogen (secondary N) is 1. The van der Waals surface area contributed by atoms with E-state index in [-0.39, 0.29) is 23.5 Å². The Morgan fingerprint density at radius 3 is 2.47 bits per heavy atom. The Morgan fingerprint density at radius 2 is 1.70 bits per heavy atom. The van der Waals surface area contributed by atoms with E-state index in [0.29, 0.717) is 26.9 Å². The van der Waals surface area contributed by atoms with Crippen molar-refractivity contribution >= 4 is 45.8 Å². The van der Waals surface area contributed by atoms with E-state index in [2.05, 4.69) is 5.32 Å². The van der Waals surface area contributed by atoms with E-state index in [0.717, 1.165) is 0 Å². The molecule has 0 fully saturated rings. The van der Waals surface area contributed by atoms with Crippen LogP contribution >= 0.6 is 23.2 Å². The van der Waals surface area contributed by atoms with Gasteiger partial charge in [0.2, 0.25) is 11.2 Å². The van der Waals surface area contributed by atoms with Crippen LogP contribution in [0, 0.1) is 0 Å². The zero-order valence-corrected chi connectivity index (χ0v) is 17.0. The van der Waals surface area contributed by atoms with E-state index in [1.807, 2.05) is 6.07 Å². The highest BCUT2D eigenvalue weighted by Crippen LogP contribution is 2.35. The summed E-state index contributed by atoms with van der Waals surface area (Å²) >= 11 is 12.3. The van der Waals surface area contributed by atoms with Crippen molar-refractivity contribution < 1.29 is 13.9 Å². The Hall–Kier alpha value is -3.28. The third-order valence-corrected chi connectivity index (χ3v) is 4.90. The summed E-state index contributed by atoms with van der Waals surface area (Å²) < 4.78 is 11.6. The van der Waals surface area contributed by atoms with Gasteiger partial charge in [-0.25, -0.2) is 0 Å². The Balaban J connectivity index is 1.74. The number of rotatable bonds is 5. The lowest BCUT2D eigenvalue weighted by Gasteiger charge is -2.13. The van der Waals surface area contributed by atoms with Crippen molar-refractivity contribution in [1.29, 1.82) is 0 Å². The number of amides is 1. The van der Waals surface area contributed by atoms with Gasteiger partial charge < -0.3 is 14.5 Å². The van der Waals surface area contributed by atoms with Crippen LogP contribution in [0.3, 0.4) is 0 Å². The molecule has 0 saturated carbocycles. The minimum Gasteiger partial charge on any atom is -0.476 e. The molecule has 0 aliphatic carbocycles. The summed E-state index contributed by atoms with van der Waals surface area (Å²) in [4.78, 5) is 25.5. The lowest BCUT2D eigenvalue weighted by atomic mass is 10.1. The minimum absolute atomic E-state index is 0.110. The largest absolute Gasteiger partial charge is 0.476 e. The van der Waals surface area contributed by atoms with E-state index in [4.69, 9.17) is 32.4 Å². The fraction of sp³-hybridized carbons (Fsp3) is 0.0435. The normalized spacial score (nSPS) is 10.7. The van der Waals surface area contributed by atoms with Gasteiger partial charge in [-0.1, -0.05) is 53.5 Å². The topological polar surface area (TPSA) is 68.5 Å². The predicted octanol–water partition coefficient (Wildman–Crippen LogP) is 5.78. The average Bonchev–Trinajstić information content (AvgIpc) is 2.74. The summed E-state index contributed by atoms with van der Waals surface area (Å²) in [6.45, 7) is -0.386. The quantitative estimate of drug-likeness (QED) is 0.427. The van der Waals surface area contributed by atoms with Crippen molar-refractivity contribution in [3.05, 3.63) is 93.1 Å². The highest BCUT2D eigenvalue weighted by Gasteiger charge is 2.20. The second-order valence-electron chi connectivity index (χ2n) is 6.41. The molecule has 0 aliphatic heterocycles. The van der Waals surface area contributed by atoms with Gasteiger partial charge in [0.1, 0.15) is 5.58 Å². The minimum atomic E-state index is -0.443. The summed E-state index contributed by atoms with van der Waals surface area (Å²) in [6, 6.07) is 20.6. The first-order chi connectivity index (χ1) is 14.5. The van der Waals surface area contributed by atoms with Crippen LogP contribution in [0.4, 0.5) is 5.69 Å². The molecule has 7 heteroatoms. The van der Waals surface area contributed by atoms with Crippen LogP contribution in [0.15, 0.2) is 82.0 Å². The molecule has 0 saturated heterocycles. The number of benzene rings is 3. The number of para-hydroxylation sites is 1. The number of carbonyl (C=O) groups excluding carboxylic acids is 1. The number of hydrogen-bond donors (Lipinski definition) is 1. The Kier molecular flexibility index (Phi) is 5.74. The fourth-order valence-electron chi connectivity index (χ4n) is 2.96. The van der Waals surface area contributed by atoms with Gasteiger partial charge in [0, 0.05) is 16.3 Å². The number of ether oxygens (including phenoxy) is 1. The Morgan fingerprint density at radius 1 is 0.967 bits per heavy atom. The van der Waals surface area contributed by atoms with E-state index < -0.39 is 11.3 Å². The molecule has 0 atom stereocenters. The third-order valence-electron chi connectivity index (χ3n) is 4.33. The Bertz CT molecular complexity index is 1290. The third kappa shape index (κ3) is 4.17. The number of fused-ring (bicyclic) bond motifs is 1. The van der Waals surface area contributed by atoms with E-state index in [9.17, 15) is 9.59 Å². The molecule has 0 bridgehead atoms. The van der Waals surface area contributed by atoms with E-state index >= 15 is 0 Å². The van der Waals surface area contributed by atoms with Crippen LogP contribution in [0.5, 0.6) is 5.75 Å². The molecule has 0 unspecified atom stereocenters. The summed E-state index contributed by atoms with van der Waals surface area (Å²) in [5, 5.41) is 3.72. The molecule has 0 radical (unpaired) electrons. The second-order valence-corrected chi connectivity index (χ2v) is 7.26. The van der Waals surface area contributed by atoms with Gasteiger partial charge in [0.25, 0.3) is 5.91 Å². The molecule has 4 rings (SSSR count). The van der Waals surface area contributed by atoms with Crippen molar-refractivity contribution in [2.75, 3.05) is 11.9 Å². The highest BCUT2D eigenvalue weighted by molar-refractivity contribution is 6.33. The fourth-order valence-corrected chi connectivity index (χ4v) is 3.35. The van der Waals surface area contributed by atoms with Gasteiger partial charge in [-0.15, -0.1) is 0 Å². The number of carbonyl (C=O) groups is 1. The molecule has 1 heterocycles. The Labute approximate surface area is 181 Å². The van der Waals surface area contributed by atoms with Gasteiger partial charge >= 0.3 is 0 Å². The number of anilines is 1. The van der Waals surface area contributed by atoms with Gasteiger partial charge in [-0.05, 0) is 42.5 Å². The predicted molar refractivity (Wildman–Crippen MR) is 119 cm³/mol. The van der Waals surface area contributed by atoms with Crippen molar-refractivity contribution in [1.82, 2.24) is 0 Å². The van der Waals surface area contributed by atoms with Crippen LogP contribution in [-0.2, 0) is 4.79 Å². The van der Waals surface area contributed by atoms with Crippen LogP contribution in [-0.4, -0.2) is 12.5 Å². The van der Waals surface area contributed by atoms with Crippen molar-refractivity contribution in [3.63, 3.8) is 0 Å². The monoisotopic (exact) mass is 439 g/mol. The van der Waals surface area contributed by atoms with E-state index in [1.165, 1.54) is 6.07 Å².